The maximum Gasteiger partial charge on any atom is 0.258 e. The van der Waals surface area contributed by atoms with Crippen LogP contribution in [-0.4, -0.2) is 20.8 Å². The van der Waals surface area contributed by atoms with Crippen molar-refractivity contribution < 1.29 is 0 Å². The topological polar surface area (TPSA) is 37.6 Å². The molecule has 0 bridgehead atoms. The minimum atomic E-state index is -0.0443. The average Bonchev–Trinajstić information content (AvgIpc) is 3.34. The van der Waals surface area contributed by atoms with Gasteiger partial charge in [-0.3, -0.25) is 14.1 Å². The predicted octanol–water partition coefficient (Wildman–Crippen LogP) is 4.73. The van der Waals surface area contributed by atoms with Crippen molar-refractivity contribution in [2.75, 3.05) is 6.54 Å². The number of nitrogens with zero attached hydrogens (tertiary/aromatic N) is 3. The summed E-state index contributed by atoms with van der Waals surface area (Å²) in [4.78, 5) is 22.5. The van der Waals surface area contributed by atoms with Crippen LogP contribution in [0.2, 0.25) is 0 Å². The van der Waals surface area contributed by atoms with Gasteiger partial charge in [-0.2, -0.15) is 0 Å². The summed E-state index contributed by atoms with van der Waals surface area (Å²) >= 11 is 7.05. The Bertz CT molecular complexity index is 1170. The van der Waals surface area contributed by atoms with Crippen LogP contribution in [0.15, 0.2) is 62.6 Å². The molecule has 4 aromatic heterocycles. The molecule has 5 heterocycles. The summed E-state index contributed by atoms with van der Waals surface area (Å²) in [5.74, 6) is 0. The first-order valence-electron chi connectivity index (χ1n) is 8.70. The van der Waals surface area contributed by atoms with Crippen molar-refractivity contribution in [1.82, 2.24) is 14.3 Å². The Morgan fingerprint density at radius 1 is 1.19 bits per heavy atom. The lowest BCUT2D eigenvalue weighted by Gasteiger charge is -2.35. The van der Waals surface area contributed by atoms with Crippen molar-refractivity contribution >= 4 is 44.3 Å². The van der Waals surface area contributed by atoms with Crippen LogP contribution in [0.4, 0.5) is 0 Å². The van der Waals surface area contributed by atoms with Crippen LogP contribution in [0.3, 0.4) is 0 Å². The average molecular weight is 458 g/mol. The summed E-state index contributed by atoms with van der Waals surface area (Å²) in [6, 6.07) is 12.2. The first-order valence-corrected chi connectivity index (χ1v) is 11.3. The molecular weight excluding hydrogens is 442 g/mol. The standard InChI is InChI=1S/C20H16BrN3OS2/c21-13-3-4-18-22-14(10-19(25)24(18)11-13)12-23-7-5-16-15(6-9-27-16)20(23)17-2-1-8-26-17/h1-4,6,8-11,20H,5,7,12H2/t20-/m1/s1. The molecule has 0 aromatic carbocycles. The van der Waals surface area contributed by atoms with E-state index in [0.717, 1.165) is 23.1 Å². The Kier molecular flexibility index (Phi) is 4.47. The maximum absolute atomic E-state index is 12.5. The van der Waals surface area contributed by atoms with Gasteiger partial charge in [0.2, 0.25) is 0 Å². The van der Waals surface area contributed by atoms with E-state index in [1.54, 1.807) is 28.0 Å². The molecule has 5 rings (SSSR count). The van der Waals surface area contributed by atoms with Gasteiger partial charge in [-0.1, -0.05) is 6.07 Å². The third-order valence-corrected chi connectivity index (χ3v) is 7.31. The van der Waals surface area contributed by atoms with Crippen molar-refractivity contribution in [3.8, 4) is 0 Å². The van der Waals surface area contributed by atoms with E-state index in [0.29, 0.717) is 12.2 Å². The van der Waals surface area contributed by atoms with Crippen LogP contribution in [0.5, 0.6) is 0 Å². The van der Waals surface area contributed by atoms with Crippen LogP contribution in [0, 0.1) is 0 Å². The minimum Gasteiger partial charge on any atom is -0.285 e. The van der Waals surface area contributed by atoms with Gasteiger partial charge >= 0.3 is 0 Å². The number of fused-ring (bicyclic) bond motifs is 2. The zero-order valence-electron chi connectivity index (χ0n) is 14.3. The lowest BCUT2D eigenvalue weighted by atomic mass is 9.98. The second kappa shape index (κ2) is 6.98. The van der Waals surface area contributed by atoms with Gasteiger partial charge in [0.15, 0.2) is 0 Å². The molecule has 4 aromatic rings. The molecule has 0 radical (unpaired) electrons. The Morgan fingerprint density at radius 3 is 2.96 bits per heavy atom. The van der Waals surface area contributed by atoms with Crippen LogP contribution in [0.25, 0.3) is 5.65 Å². The van der Waals surface area contributed by atoms with Gasteiger partial charge in [-0.15, -0.1) is 22.7 Å². The second-order valence-electron chi connectivity index (χ2n) is 6.60. The second-order valence-corrected chi connectivity index (χ2v) is 9.49. The highest BCUT2D eigenvalue weighted by Gasteiger charge is 2.30. The zero-order chi connectivity index (χ0) is 18.4. The zero-order valence-corrected chi connectivity index (χ0v) is 17.6. The van der Waals surface area contributed by atoms with E-state index in [9.17, 15) is 4.79 Å². The van der Waals surface area contributed by atoms with Crippen LogP contribution in [0.1, 0.15) is 27.1 Å². The molecule has 136 valence electrons. The summed E-state index contributed by atoms with van der Waals surface area (Å²) in [6.07, 6.45) is 2.82. The molecule has 0 saturated heterocycles. The monoisotopic (exact) mass is 457 g/mol. The molecule has 0 spiro atoms. The van der Waals surface area contributed by atoms with Gasteiger partial charge in [0, 0.05) is 39.6 Å². The molecule has 27 heavy (non-hydrogen) atoms. The van der Waals surface area contributed by atoms with Crippen LogP contribution >= 0.6 is 38.6 Å². The van der Waals surface area contributed by atoms with Crippen LogP contribution < -0.4 is 5.56 Å². The summed E-state index contributed by atoms with van der Waals surface area (Å²) < 4.78 is 2.45. The molecular formula is C20H16BrN3OS2. The number of aromatic nitrogens is 2. The Labute approximate surface area is 172 Å². The molecule has 0 unspecified atom stereocenters. The lowest BCUT2D eigenvalue weighted by molar-refractivity contribution is 0.206. The highest BCUT2D eigenvalue weighted by atomic mass is 79.9. The number of hydrogen-bond acceptors (Lipinski definition) is 5. The molecule has 1 aliphatic rings. The Hall–Kier alpha value is -1.80. The lowest BCUT2D eigenvalue weighted by Crippen LogP contribution is -2.35. The fourth-order valence-corrected chi connectivity index (χ4v) is 5.85. The Balaban J connectivity index is 1.54. The number of halogens is 1. The van der Waals surface area contributed by atoms with Gasteiger partial charge in [0.25, 0.3) is 5.56 Å². The maximum atomic E-state index is 12.5. The van der Waals surface area contributed by atoms with Gasteiger partial charge in [-0.05, 0) is 62.9 Å². The highest BCUT2D eigenvalue weighted by molar-refractivity contribution is 9.10. The molecule has 4 nitrogen and oxygen atoms in total. The Morgan fingerprint density at radius 2 is 2.11 bits per heavy atom. The van der Waals surface area contributed by atoms with Crippen molar-refractivity contribution in [3.63, 3.8) is 0 Å². The molecule has 0 saturated carbocycles. The number of rotatable bonds is 3. The quantitative estimate of drug-likeness (QED) is 0.446. The highest BCUT2D eigenvalue weighted by Crippen LogP contribution is 2.39. The van der Waals surface area contributed by atoms with E-state index in [2.05, 4.69) is 49.8 Å². The molecule has 7 heteroatoms. The van der Waals surface area contributed by atoms with Gasteiger partial charge < -0.3 is 0 Å². The van der Waals surface area contributed by atoms with Gasteiger partial charge in [-0.25, -0.2) is 4.98 Å². The third-order valence-electron chi connectivity index (χ3n) is 4.92. The van der Waals surface area contributed by atoms with E-state index in [-0.39, 0.29) is 11.6 Å². The van der Waals surface area contributed by atoms with E-state index < -0.39 is 0 Å². The number of thiophene rings is 2. The summed E-state index contributed by atoms with van der Waals surface area (Å²) in [7, 11) is 0. The molecule has 0 fully saturated rings. The van der Waals surface area contributed by atoms with Crippen molar-refractivity contribution in [1.29, 1.82) is 0 Å². The smallest absolute Gasteiger partial charge is 0.258 e. The van der Waals surface area contributed by atoms with Crippen molar-refractivity contribution in [2.45, 2.75) is 19.0 Å². The van der Waals surface area contributed by atoms with Crippen LogP contribution in [-0.2, 0) is 13.0 Å². The first kappa shape index (κ1) is 17.3. The first-order chi connectivity index (χ1) is 13.2. The third kappa shape index (κ3) is 3.18. The molecule has 0 amide bonds. The predicted molar refractivity (Wildman–Crippen MR) is 114 cm³/mol. The van der Waals surface area contributed by atoms with E-state index in [1.165, 1.54) is 15.3 Å². The normalized spacial score (nSPS) is 17.3. The summed E-state index contributed by atoms with van der Waals surface area (Å²) in [6.45, 7) is 1.64. The SMILES string of the molecule is O=c1cc(CN2CCc3sccc3[C@@H]2c2cccs2)nc2ccc(Br)cn12. The van der Waals surface area contributed by atoms with Gasteiger partial charge in [0.05, 0.1) is 11.7 Å². The molecule has 1 atom stereocenters. The van der Waals surface area contributed by atoms with E-state index >= 15 is 0 Å². The molecule has 0 aliphatic carbocycles. The fourth-order valence-electron chi connectivity index (χ4n) is 3.73. The fraction of sp³-hybridized carbons (Fsp3) is 0.200. The van der Waals surface area contributed by atoms with E-state index in [1.807, 2.05) is 23.5 Å². The molecule has 0 N–H and O–H groups in total. The summed E-state index contributed by atoms with van der Waals surface area (Å²) in [5, 5.41) is 4.32. The van der Waals surface area contributed by atoms with Crippen molar-refractivity contribution in [2.24, 2.45) is 0 Å². The number of pyridine rings is 1. The van der Waals surface area contributed by atoms with E-state index in [4.69, 9.17) is 4.98 Å². The largest absolute Gasteiger partial charge is 0.285 e. The van der Waals surface area contributed by atoms with Gasteiger partial charge in [0.1, 0.15) is 5.65 Å². The minimum absolute atomic E-state index is 0.0443. The summed E-state index contributed by atoms with van der Waals surface area (Å²) in [5.41, 5.74) is 2.86. The van der Waals surface area contributed by atoms with Crippen molar-refractivity contribution in [3.05, 3.63) is 89.2 Å². The number of hydrogen-bond donors (Lipinski definition) is 0. The molecule has 1 aliphatic heterocycles.